The highest BCUT2D eigenvalue weighted by atomic mass is 32.1. The molecular weight excluding hydrogens is 408 g/mol. The summed E-state index contributed by atoms with van der Waals surface area (Å²) in [6, 6.07) is 26.9. The molecule has 0 aliphatic rings. The Morgan fingerprint density at radius 3 is 1.97 bits per heavy atom. The number of nitrogens with two attached hydrogens (primary N) is 1. The third kappa shape index (κ3) is 4.59. The lowest BCUT2D eigenvalue weighted by atomic mass is 10.0. The van der Waals surface area contributed by atoms with Crippen LogP contribution >= 0.6 is 12.2 Å². The summed E-state index contributed by atoms with van der Waals surface area (Å²) in [5.41, 5.74) is 12.9. The van der Waals surface area contributed by atoms with E-state index in [1.165, 1.54) is 5.01 Å². The summed E-state index contributed by atoms with van der Waals surface area (Å²) in [7, 11) is 1.61. The van der Waals surface area contributed by atoms with Gasteiger partial charge in [0.2, 0.25) is 0 Å². The van der Waals surface area contributed by atoms with Crippen LogP contribution in [0, 0.1) is 0 Å². The first-order valence-corrected chi connectivity index (χ1v) is 9.92. The molecule has 3 N–H and O–H groups in total. The Kier molecular flexibility index (Phi) is 6.00. The van der Waals surface area contributed by atoms with Crippen molar-refractivity contribution in [2.75, 3.05) is 17.5 Å². The van der Waals surface area contributed by atoms with Gasteiger partial charge in [-0.15, -0.1) is 10.2 Å². The minimum atomic E-state index is 0.113. The van der Waals surface area contributed by atoms with E-state index in [2.05, 4.69) is 15.6 Å². The van der Waals surface area contributed by atoms with Crippen LogP contribution in [0.4, 0.5) is 11.6 Å². The van der Waals surface area contributed by atoms with Gasteiger partial charge in [-0.2, -0.15) is 0 Å². The average Bonchev–Trinajstić information content (AvgIpc) is 2.83. The van der Waals surface area contributed by atoms with E-state index in [0.717, 1.165) is 16.9 Å². The number of benzene rings is 3. The molecule has 4 rings (SSSR count). The first kappa shape index (κ1) is 20.2. The molecule has 0 fully saturated rings. The van der Waals surface area contributed by atoms with Gasteiger partial charge in [-0.05, 0) is 36.5 Å². The zero-order chi connectivity index (χ0) is 21.6. The fourth-order valence-electron chi connectivity index (χ4n) is 3.04. The SMILES string of the molecule is COc1ccc(N(Nc2nnc(-c3ccccc3)c(-c3ccccc3)n2)C(N)=S)cc1. The van der Waals surface area contributed by atoms with Gasteiger partial charge in [0.05, 0.1) is 12.8 Å². The van der Waals surface area contributed by atoms with Crippen molar-refractivity contribution < 1.29 is 4.74 Å². The first-order chi connectivity index (χ1) is 15.2. The van der Waals surface area contributed by atoms with Crippen LogP contribution in [0.5, 0.6) is 5.75 Å². The van der Waals surface area contributed by atoms with Crippen LogP contribution in [0.15, 0.2) is 84.9 Å². The number of methoxy groups -OCH3 is 1. The van der Waals surface area contributed by atoms with E-state index in [4.69, 9.17) is 27.7 Å². The van der Waals surface area contributed by atoms with E-state index >= 15 is 0 Å². The molecule has 0 saturated heterocycles. The predicted molar refractivity (Wildman–Crippen MR) is 127 cm³/mol. The molecule has 0 spiro atoms. The van der Waals surface area contributed by atoms with Crippen LogP contribution in [0.2, 0.25) is 0 Å². The maximum Gasteiger partial charge on any atom is 0.262 e. The molecule has 7 nitrogen and oxygen atoms in total. The van der Waals surface area contributed by atoms with Crippen molar-refractivity contribution in [3.8, 4) is 28.3 Å². The molecule has 0 unspecified atom stereocenters. The number of hydrogen-bond acceptors (Lipinski definition) is 6. The number of anilines is 2. The topological polar surface area (TPSA) is 89.2 Å². The van der Waals surface area contributed by atoms with E-state index in [1.54, 1.807) is 7.11 Å². The Labute approximate surface area is 185 Å². The molecule has 154 valence electrons. The van der Waals surface area contributed by atoms with Gasteiger partial charge in [0, 0.05) is 11.1 Å². The van der Waals surface area contributed by atoms with Crippen molar-refractivity contribution in [3.63, 3.8) is 0 Å². The smallest absolute Gasteiger partial charge is 0.262 e. The lowest BCUT2D eigenvalue weighted by Gasteiger charge is -2.23. The summed E-state index contributed by atoms with van der Waals surface area (Å²) in [6.45, 7) is 0. The zero-order valence-corrected chi connectivity index (χ0v) is 17.6. The van der Waals surface area contributed by atoms with Crippen LogP contribution in [0.1, 0.15) is 0 Å². The minimum absolute atomic E-state index is 0.113. The van der Waals surface area contributed by atoms with Crippen LogP contribution in [0.25, 0.3) is 22.5 Å². The molecule has 0 atom stereocenters. The molecule has 1 heterocycles. The van der Waals surface area contributed by atoms with Crippen LogP contribution < -0.4 is 20.9 Å². The number of ether oxygens (including phenoxy) is 1. The van der Waals surface area contributed by atoms with Crippen LogP contribution in [0.3, 0.4) is 0 Å². The molecule has 4 aromatic rings. The van der Waals surface area contributed by atoms with Crippen molar-refractivity contribution in [2.24, 2.45) is 5.73 Å². The third-order valence-electron chi connectivity index (χ3n) is 4.54. The van der Waals surface area contributed by atoms with Gasteiger partial charge in [0.25, 0.3) is 5.95 Å². The molecule has 0 saturated carbocycles. The molecule has 1 aromatic heterocycles. The third-order valence-corrected chi connectivity index (χ3v) is 4.73. The van der Waals surface area contributed by atoms with Gasteiger partial charge >= 0.3 is 0 Å². The van der Waals surface area contributed by atoms with Crippen molar-refractivity contribution in [2.45, 2.75) is 0 Å². The highest BCUT2D eigenvalue weighted by Gasteiger charge is 2.16. The molecule has 0 amide bonds. The van der Waals surface area contributed by atoms with Gasteiger partial charge in [-0.25, -0.2) is 9.99 Å². The second-order valence-corrected chi connectivity index (χ2v) is 6.97. The molecule has 0 bridgehead atoms. The van der Waals surface area contributed by atoms with Gasteiger partial charge in [0.1, 0.15) is 17.1 Å². The highest BCUT2D eigenvalue weighted by Crippen LogP contribution is 2.29. The van der Waals surface area contributed by atoms with E-state index in [-0.39, 0.29) is 11.1 Å². The predicted octanol–water partition coefficient (Wildman–Crippen LogP) is 4.29. The monoisotopic (exact) mass is 428 g/mol. The van der Waals surface area contributed by atoms with Gasteiger partial charge in [0.15, 0.2) is 5.11 Å². The Morgan fingerprint density at radius 2 is 1.42 bits per heavy atom. The summed E-state index contributed by atoms with van der Waals surface area (Å²) >= 11 is 5.22. The van der Waals surface area contributed by atoms with Crippen LogP contribution in [-0.2, 0) is 0 Å². The average molecular weight is 429 g/mol. The van der Waals surface area contributed by atoms with Crippen molar-refractivity contribution in [1.82, 2.24) is 15.2 Å². The minimum Gasteiger partial charge on any atom is -0.497 e. The first-order valence-electron chi connectivity index (χ1n) is 9.51. The lowest BCUT2D eigenvalue weighted by Crippen LogP contribution is -2.40. The largest absolute Gasteiger partial charge is 0.497 e. The fraction of sp³-hybridized carbons (Fsp3) is 0.0435. The van der Waals surface area contributed by atoms with Crippen molar-refractivity contribution >= 4 is 29.0 Å². The molecule has 3 aromatic carbocycles. The summed E-state index contributed by atoms with van der Waals surface area (Å²) in [6.07, 6.45) is 0. The van der Waals surface area contributed by atoms with E-state index in [1.807, 2.05) is 84.9 Å². The Hall–Kier alpha value is -4.04. The second kappa shape index (κ2) is 9.19. The molecule has 0 aliphatic carbocycles. The zero-order valence-electron chi connectivity index (χ0n) is 16.8. The number of hydrazine groups is 1. The van der Waals surface area contributed by atoms with Crippen molar-refractivity contribution in [1.29, 1.82) is 0 Å². The van der Waals surface area contributed by atoms with Gasteiger partial charge in [-0.1, -0.05) is 60.7 Å². The quantitative estimate of drug-likeness (QED) is 0.347. The standard InChI is InChI=1S/C23H20N6OS/c1-30-19-14-12-18(13-15-19)29(22(24)31)28-23-25-20(16-8-4-2-5-9-16)21(26-27-23)17-10-6-3-7-11-17/h2-15H,1H3,(H2,24,31)(H,25,27,28). The van der Waals surface area contributed by atoms with E-state index in [9.17, 15) is 0 Å². The fourth-order valence-corrected chi connectivity index (χ4v) is 3.19. The van der Waals surface area contributed by atoms with Crippen molar-refractivity contribution in [3.05, 3.63) is 84.9 Å². The Morgan fingerprint density at radius 1 is 0.839 bits per heavy atom. The second-order valence-electron chi connectivity index (χ2n) is 6.55. The van der Waals surface area contributed by atoms with Crippen LogP contribution in [-0.4, -0.2) is 27.4 Å². The Balaban J connectivity index is 1.73. The van der Waals surface area contributed by atoms with Gasteiger partial charge in [-0.3, -0.25) is 5.43 Å². The van der Waals surface area contributed by atoms with E-state index < -0.39 is 0 Å². The number of rotatable bonds is 6. The lowest BCUT2D eigenvalue weighted by molar-refractivity contribution is 0.415. The summed E-state index contributed by atoms with van der Waals surface area (Å²) < 4.78 is 5.21. The summed E-state index contributed by atoms with van der Waals surface area (Å²) in [5, 5.41) is 10.4. The molecule has 31 heavy (non-hydrogen) atoms. The number of thiocarbonyl (C=S) groups is 1. The molecule has 8 heteroatoms. The highest BCUT2D eigenvalue weighted by molar-refractivity contribution is 7.80. The maximum absolute atomic E-state index is 5.94. The molecular formula is C23H20N6OS. The Bertz CT molecular complexity index is 1170. The normalized spacial score (nSPS) is 10.4. The van der Waals surface area contributed by atoms with E-state index in [0.29, 0.717) is 17.1 Å². The summed E-state index contributed by atoms with van der Waals surface area (Å²) in [5.74, 6) is 0.991. The molecule has 0 aliphatic heterocycles. The van der Waals surface area contributed by atoms with Gasteiger partial charge < -0.3 is 10.5 Å². The maximum atomic E-state index is 5.94. The number of hydrogen-bond donors (Lipinski definition) is 2. The molecule has 0 radical (unpaired) electrons. The summed E-state index contributed by atoms with van der Waals surface area (Å²) in [4.78, 5) is 4.73. The number of nitrogens with zero attached hydrogens (tertiary/aromatic N) is 4. The number of nitrogens with one attached hydrogen (secondary N) is 1. The number of aromatic nitrogens is 3.